The number of carbonyl (C=O) groups is 1. The molecule has 0 spiro atoms. The van der Waals surface area contributed by atoms with Gasteiger partial charge in [0.15, 0.2) is 0 Å². The van der Waals surface area contributed by atoms with Gasteiger partial charge in [-0.05, 0) is 44.9 Å². The molecule has 128 valence electrons. The maximum absolute atomic E-state index is 13.7. The molecule has 0 saturated carbocycles. The van der Waals surface area contributed by atoms with E-state index in [4.69, 9.17) is 0 Å². The summed E-state index contributed by atoms with van der Waals surface area (Å²) in [6.07, 6.45) is 1.63. The highest BCUT2D eigenvalue weighted by molar-refractivity contribution is 5.79. The van der Waals surface area contributed by atoms with Crippen molar-refractivity contribution in [1.29, 1.82) is 0 Å². The van der Waals surface area contributed by atoms with Crippen molar-refractivity contribution in [3.8, 4) is 0 Å². The Hall–Kier alpha value is -2.31. The lowest BCUT2D eigenvalue weighted by Gasteiger charge is -2.33. The van der Waals surface area contributed by atoms with Gasteiger partial charge in [-0.25, -0.2) is 18.4 Å². The number of hydrogen-bond acceptors (Lipinski definition) is 3. The van der Waals surface area contributed by atoms with E-state index in [1.165, 1.54) is 0 Å². The van der Waals surface area contributed by atoms with Crippen molar-refractivity contribution >= 4 is 5.91 Å². The number of halogens is 2. The second-order valence-electron chi connectivity index (χ2n) is 6.20. The Bertz CT molecular complexity index is 759. The van der Waals surface area contributed by atoms with E-state index in [0.717, 1.165) is 36.9 Å². The highest BCUT2D eigenvalue weighted by Crippen LogP contribution is 2.23. The number of rotatable bonds is 3. The molecule has 1 aliphatic rings. The van der Waals surface area contributed by atoms with Gasteiger partial charge in [0.05, 0.1) is 12.5 Å². The highest BCUT2D eigenvalue weighted by atomic mass is 19.1. The number of amides is 1. The Morgan fingerprint density at radius 2 is 2.12 bits per heavy atom. The van der Waals surface area contributed by atoms with Gasteiger partial charge in [0.25, 0.3) is 0 Å². The third-order valence-corrected chi connectivity index (χ3v) is 4.35. The number of aryl methyl sites for hydroxylation is 2. The van der Waals surface area contributed by atoms with Gasteiger partial charge in [-0.1, -0.05) is 0 Å². The average molecular weight is 334 g/mol. The zero-order valence-corrected chi connectivity index (χ0v) is 13.8. The number of carbonyl (C=O) groups excluding carboxylic acids is 1. The number of hydrogen-bond donors (Lipinski definition) is 0. The van der Waals surface area contributed by atoms with Gasteiger partial charge < -0.3 is 4.90 Å². The zero-order valence-electron chi connectivity index (χ0n) is 13.8. The number of benzene rings is 1. The SMILES string of the molecule is Cc1nc(C)n(C2CCCN(C(=O)Cc3cc(F)ccc3F)C2)n1. The Labute approximate surface area is 139 Å². The van der Waals surface area contributed by atoms with E-state index in [9.17, 15) is 13.6 Å². The minimum atomic E-state index is -0.555. The molecular formula is C17H20F2N4O. The van der Waals surface area contributed by atoms with E-state index in [1.807, 2.05) is 18.5 Å². The molecule has 24 heavy (non-hydrogen) atoms. The van der Waals surface area contributed by atoms with Crippen LogP contribution in [0.5, 0.6) is 0 Å². The lowest BCUT2D eigenvalue weighted by molar-refractivity contribution is -0.132. The Morgan fingerprint density at radius 1 is 1.33 bits per heavy atom. The molecule has 1 fully saturated rings. The molecule has 0 radical (unpaired) electrons. The van der Waals surface area contributed by atoms with Crippen molar-refractivity contribution in [3.05, 3.63) is 47.0 Å². The van der Waals surface area contributed by atoms with Crippen LogP contribution in [0.15, 0.2) is 18.2 Å². The molecule has 1 aromatic carbocycles. The molecule has 1 saturated heterocycles. The molecule has 1 aliphatic heterocycles. The fraction of sp³-hybridized carbons (Fsp3) is 0.471. The first kappa shape index (κ1) is 16.5. The van der Waals surface area contributed by atoms with Gasteiger partial charge in [-0.3, -0.25) is 4.79 Å². The average Bonchev–Trinajstić information content (AvgIpc) is 2.89. The van der Waals surface area contributed by atoms with Crippen LogP contribution in [0.25, 0.3) is 0 Å². The summed E-state index contributed by atoms with van der Waals surface area (Å²) in [5.41, 5.74) is 0.0925. The van der Waals surface area contributed by atoms with Crippen LogP contribution in [-0.2, 0) is 11.2 Å². The third kappa shape index (κ3) is 3.44. The third-order valence-electron chi connectivity index (χ3n) is 4.35. The summed E-state index contributed by atoms with van der Waals surface area (Å²) in [5, 5.41) is 4.40. The normalized spacial score (nSPS) is 18.0. The van der Waals surface area contributed by atoms with Crippen LogP contribution in [0.1, 0.15) is 36.1 Å². The first-order chi connectivity index (χ1) is 11.4. The monoisotopic (exact) mass is 334 g/mol. The molecule has 2 aromatic rings. The summed E-state index contributed by atoms with van der Waals surface area (Å²) in [7, 11) is 0. The first-order valence-electron chi connectivity index (χ1n) is 8.05. The van der Waals surface area contributed by atoms with Crippen LogP contribution in [0, 0.1) is 25.5 Å². The van der Waals surface area contributed by atoms with Crippen LogP contribution in [-0.4, -0.2) is 38.7 Å². The second-order valence-corrected chi connectivity index (χ2v) is 6.20. The van der Waals surface area contributed by atoms with Crippen molar-refractivity contribution in [3.63, 3.8) is 0 Å². The van der Waals surface area contributed by atoms with Crippen LogP contribution in [0.4, 0.5) is 8.78 Å². The molecule has 3 rings (SSSR count). The Kier molecular flexibility index (Phi) is 4.59. The van der Waals surface area contributed by atoms with Crippen molar-refractivity contribution in [2.75, 3.05) is 13.1 Å². The number of nitrogens with zero attached hydrogens (tertiary/aromatic N) is 4. The zero-order chi connectivity index (χ0) is 17.3. The topological polar surface area (TPSA) is 51.0 Å². The Balaban J connectivity index is 1.71. The van der Waals surface area contributed by atoms with Crippen molar-refractivity contribution in [2.24, 2.45) is 0 Å². The molecule has 1 amide bonds. The minimum Gasteiger partial charge on any atom is -0.340 e. The molecule has 2 heterocycles. The van der Waals surface area contributed by atoms with Gasteiger partial charge >= 0.3 is 0 Å². The maximum Gasteiger partial charge on any atom is 0.227 e. The fourth-order valence-corrected chi connectivity index (χ4v) is 3.22. The molecule has 1 aromatic heterocycles. The summed E-state index contributed by atoms with van der Waals surface area (Å²) in [6, 6.07) is 3.26. The summed E-state index contributed by atoms with van der Waals surface area (Å²) in [5.74, 6) is 0.241. The number of piperidine rings is 1. The predicted molar refractivity (Wildman–Crippen MR) is 84.4 cm³/mol. The standard InChI is InChI=1S/C17H20F2N4O/c1-11-20-12(2)23(21-11)15-4-3-7-22(10-15)17(24)9-13-8-14(18)5-6-16(13)19/h5-6,8,15H,3-4,7,9-10H2,1-2H3. The molecule has 1 unspecified atom stereocenters. The van der Waals surface area contributed by atoms with E-state index in [1.54, 1.807) is 4.90 Å². The van der Waals surface area contributed by atoms with E-state index >= 15 is 0 Å². The van der Waals surface area contributed by atoms with E-state index in [2.05, 4.69) is 10.1 Å². The first-order valence-corrected chi connectivity index (χ1v) is 8.05. The van der Waals surface area contributed by atoms with Crippen LogP contribution < -0.4 is 0 Å². The number of likely N-dealkylation sites (tertiary alicyclic amines) is 1. The summed E-state index contributed by atoms with van der Waals surface area (Å²) < 4.78 is 28.9. The summed E-state index contributed by atoms with van der Waals surface area (Å²) in [6.45, 7) is 4.86. The van der Waals surface area contributed by atoms with Gasteiger partial charge in [-0.2, -0.15) is 5.10 Å². The second kappa shape index (κ2) is 6.67. The molecule has 0 aliphatic carbocycles. The van der Waals surface area contributed by atoms with Crippen molar-refractivity contribution in [1.82, 2.24) is 19.7 Å². The van der Waals surface area contributed by atoms with E-state index < -0.39 is 11.6 Å². The van der Waals surface area contributed by atoms with Gasteiger partial charge in [-0.15, -0.1) is 0 Å². The molecule has 0 bridgehead atoms. The largest absolute Gasteiger partial charge is 0.340 e. The molecule has 7 heteroatoms. The van der Waals surface area contributed by atoms with Gasteiger partial charge in [0.1, 0.15) is 23.3 Å². The van der Waals surface area contributed by atoms with E-state index in [-0.39, 0.29) is 23.9 Å². The highest BCUT2D eigenvalue weighted by Gasteiger charge is 2.27. The van der Waals surface area contributed by atoms with Crippen molar-refractivity contribution < 1.29 is 13.6 Å². The smallest absolute Gasteiger partial charge is 0.227 e. The van der Waals surface area contributed by atoms with E-state index in [0.29, 0.717) is 18.9 Å². The summed E-state index contributed by atoms with van der Waals surface area (Å²) in [4.78, 5) is 18.5. The van der Waals surface area contributed by atoms with Crippen LogP contribution in [0.3, 0.4) is 0 Å². The molecule has 0 N–H and O–H groups in total. The lowest BCUT2D eigenvalue weighted by atomic mass is 10.0. The predicted octanol–water partition coefficient (Wildman–Crippen LogP) is 2.58. The maximum atomic E-state index is 13.7. The molecule has 5 nitrogen and oxygen atoms in total. The molecule has 1 atom stereocenters. The number of aromatic nitrogens is 3. The van der Waals surface area contributed by atoms with Crippen LogP contribution >= 0.6 is 0 Å². The van der Waals surface area contributed by atoms with Crippen LogP contribution in [0.2, 0.25) is 0 Å². The van der Waals surface area contributed by atoms with Gasteiger partial charge in [0.2, 0.25) is 5.91 Å². The summed E-state index contributed by atoms with van der Waals surface area (Å²) >= 11 is 0. The van der Waals surface area contributed by atoms with Gasteiger partial charge in [0, 0.05) is 18.7 Å². The molecular weight excluding hydrogens is 314 g/mol. The quantitative estimate of drug-likeness (QED) is 0.867. The Morgan fingerprint density at radius 3 is 2.83 bits per heavy atom. The fourth-order valence-electron chi connectivity index (χ4n) is 3.22. The lowest BCUT2D eigenvalue weighted by Crippen LogP contribution is -2.42. The van der Waals surface area contributed by atoms with Crippen molar-refractivity contribution in [2.45, 2.75) is 39.2 Å². The minimum absolute atomic E-state index is 0.0706.